The van der Waals surface area contributed by atoms with E-state index in [-0.39, 0.29) is 0 Å². The molecule has 0 atom stereocenters. The van der Waals surface area contributed by atoms with Crippen LogP contribution in [0, 0.1) is 6.92 Å². The molecule has 2 saturated heterocycles. The molecule has 6 nitrogen and oxygen atoms in total. The van der Waals surface area contributed by atoms with E-state index in [2.05, 4.69) is 34.1 Å². The second-order valence-electron chi connectivity index (χ2n) is 9.42. The number of nitrogen functional groups attached to an aromatic ring is 1. The van der Waals surface area contributed by atoms with E-state index in [1.165, 1.54) is 50.0 Å². The molecule has 2 N–H and O–H groups in total. The third-order valence-electron chi connectivity index (χ3n) is 7.39. The van der Waals surface area contributed by atoms with Crippen molar-refractivity contribution < 1.29 is 9.59 Å². The lowest BCUT2D eigenvalue weighted by atomic mass is 9.88. The van der Waals surface area contributed by atoms with E-state index in [0.717, 1.165) is 42.7 Å². The molecule has 1 amide bonds. The SMILES string of the molecule is Cc1cc(N2CCC(N3CCC(c4ccc(N)cc4)CC3)CC2)ccc1N(C=O)CCC=O. The van der Waals surface area contributed by atoms with Gasteiger partial charge in [-0.3, -0.25) is 4.79 Å². The highest BCUT2D eigenvalue weighted by molar-refractivity contribution is 5.78. The molecule has 2 aliphatic rings. The molecule has 0 radical (unpaired) electrons. The summed E-state index contributed by atoms with van der Waals surface area (Å²) in [6, 6.07) is 15.4. The van der Waals surface area contributed by atoms with Gasteiger partial charge in [0.2, 0.25) is 6.41 Å². The van der Waals surface area contributed by atoms with E-state index in [4.69, 9.17) is 5.73 Å². The van der Waals surface area contributed by atoms with Crippen molar-refractivity contribution in [3.8, 4) is 0 Å². The maximum Gasteiger partial charge on any atom is 0.214 e. The maximum absolute atomic E-state index is 11.4. The molecule has 0 aromatic heterocycles. The van der Waals surface area contributed by atoms with Crippen molar-refractivity contribution in [3.05, 3.63) is 53.6 Å². The number of amides is 1. The Labute approximate surface area is 197 Å². The summed E-state index contributed by atoms with van der Waals surface area (Å²) in [6.07, 6.45) is 6.84. The Bertz CT molecular complexity index is 930. The fraction of sp³-hybridized carbons (Fsp3) is 0.481. The molecule has 2 fully saturated rings. The first kappa shape index (κ1) is 23.3. The summed E-state index contributed by atoms with van der Waals surface area (Å²) < 4.78 is 0. The third kappa shape index (κ3) is 5.56. The van der Waals surface area contributed by atoms with Crippen molar-refractivity contribution in [3.63, 3.8) is 0 Å². The Morgan fingerprint density at radius 3 is 2.27 bits per heavy atom. The second-order valence-corrected chi connectivity index (χ2v) is 9.42. The summed E-state index contributed by atoms with van der Waals surface area (Å²) >= 11 is 0. The van der Waals surface area contributed by atoms with Crippen LogP contribution in [0.15, 0.2) is 42.5 Å². The first-order chi connectivity index (χ1) is 16.1. The molecule has 0 saturated carbocycles. The molecular weight excluding hydrogens is 412 g/mol. The summed E-state index contributed by atoms with van der Waals surface area (Å²) in [5.74, 6) is 0.654. The van der Waals surface area contributed by atoms with Crippen LogP contribution >= 0.6 is 0 Å². The Balaban J connectivity index is 1.29. The number of likely N-dealkylation sites (tertiary alicyclic amines) is 1. The molecule has 176 valence electrons. The van der Waals surface area contributed by atoms with Crippen LogP contribution in [0.1, 0.15) is 49.1 Å². The largest absolute Gasteiger partial charge is 0.399 e. The number of aldehydes is 1. The highest BCUT2D eigenvalue weighted by Gasteiger charge is 2.29. The Kier molecular flexibility index (Phi) is 7.65. The maximum atomic E-state index is 11.4. The number of piperidine rings is 2. The van der Waals surface area contributed by atoms with E-state index in [0.29, 0.717) is 24.9 Å². The van der Waals surface area contributed by atoms with Gasteiger partial charge in [-0.05, 0) is 93.1 Å². The number of aryl methyl sites for hydroxylation is 1. The van der Waals surface area contributed by atoms with Crippen LogP contribution in [0.5, 0.6) is 0 Å². The summed E-state index contributed by atoms with van der Waals surface area (Å²) in [5.41, 5.74) is 11.3. The molecule has 0 unspecified atom stereocenters. The van der Waals surface area contributed by atoms with Crippen LogP contribution in [0.2, 0.25) is 0 Å². The number of carbonyl (C=O) groups is 2. The van der Waals surface area contributed by atoms with Gasteiger partial charge in [0.25, 0.3) is 0 Å². The zero-order valence-corrected chi connectivity index (χ0v) is 19.7. The predicted molar refractivity (Wildman–Crippen MR) is 135 cm³/mol. The zero-order valence-electron chi connectivity index (χ0n) is 19.7. The smallest absolute Gasteiger partial charge is 0.214 e. The number of hydrogen-bond acceptors (Lipinski definition) is 5. The predicted octanol–water partition coefficient (Wildman–Crippen LogP) is 3.98. The fourth-order valence-corrected chi connectivity index (χ4v) is 5.44. The minimum atomic E-state index is 0.352. The number of anilines is 3. The van der Waals surface area contributed by atoms with Gasteiger partial charge in [0.1, 0.15) is 6.29 Å². The van der Waals surface area contributed by atoms with Crippen molar-refractivity contribution in [2.45, 2.75) is 51.0 Å². The van der Waals surface area contributed by atoms with Gasteiger partial charge in [-0.1, -0.05) is 12.1 Å². The molecule has 2 aromatic carbocycles. The van der Waals surface area contributed by atoms with Gasteiger partial charge in [0.15, 0.2) is 0 Å². The highest BCUT2D eigenvalue weighted by atomic mass is 16.1. The summed E-state index contributed by atoms with van der Waals surface area (Å²) in [5, 5.41) is 0. The van der Waals surface area contributed by atoms with Crippen LogP contribution in [0.3, 0.4) is 0 Å². The number of nitrogens with two attached hydrogens (primary N) is 1. The van der Waals surface area contributed by atoms with Gasteiger partial charge in [-0.15, -0.1) is 0 Å². The summed E-state index contributed by atoms with van der Waals surface area (Å²) in [7, 11) is 0. The standard InChI is InChI=1S/C27H36N4O2/c1-21-19-26(7-8-27(21)31(20-33)13-2-18-32)30-16-11-25(12-17-30)29-14-9-23(10-15-29)22-3-5-24(28)6-4-22/h3-8,18-20,23,25H,2,9-17,28H2,1H3. The van der Waals surface area contributed by atoms with Crippen molar-refractivity contribution in [1.29, 1.82) is 0 Å². The van der Waals surface area contributed by atoms with Crippen LogP contribution in [0.4, 0.5) is 17.1 Å². The number of nitrogens with zero attached hydrogens (tertiary/aromatic N) is 3. The lowest BCUT2D eigenvalue weighted by Crippen LogP contribution is -2.47. The van der Waals surface area contributed by atoms with Crippen molar-refractivity contribution in [2.75, 3.05) is 48.3 Å². The van der Waals surface area contributed by atoms with Gasteiger partial charge in [-0.2, -0.15) is 0 Å². The van der Waals surface area contributed by atoms with E-state index in [9.17, 15) is 9.59 Å². The first-order valence-electron chi connectivity index (χ1n) is 12.2. The molecule has 0 aliphatic carbocycles. The first-order valence-corrected chi connectivity index (χ1v) is 12.2. The van der Waals surface area contributed by atoms with E-state index in [1.807, 2.05) is 25.1 Å². The second kappa shape index (κ2) is 10.8. The van der Waals surface area contributed by atoms with Crippen molar-refractivity contribution >= 4 is 29.8 Å². The summed E-state index contributed by atoms with van der Waals surface area (Å²) in [4.78, 5) is 28.9. The molecular formula is C27H36N4O2. The molecule has 2 aliphatic heterocycles. The Hall–Kier alpha value is -2.86. The van der Waals surface area contributed by atoms with Gasteiger partial charge < -0.3 is 25.2 Å². The van der Waals surface area contributed by atoms with Crippen molar-refractivity contribution in [2.24, 2.45) is 0 Å². The number of benzene rings is 2. The van der Waals surface area contributed by atoms with E-state index >= 15 is 0 Å². The van der Waals surface area contributed by atoms with Gasteiger partial charge in [0.05, 0.1) is 0 Å². The fourth-order valence-electron chi connectivity index (χ4n) is 5.44. The zero-order chi connectivity index (χ0) is 23.2. The molecule has 6 heteroatoms. The number of rotatable bonds is 8. The molecule has 0 spiro atoms. The Morgan fingerprint density at radius 1 is 0.970 bits per heavy atom. The average molecular weight is 449 g/mol. The molecule has 4 rings (SSSR count). The van der Waals surface area contributed by atoms with E-state index in [1.54, 1.807) is 4.90 Å². The third-order valence-corrected chi connectivity index (χ3v) is 7.39. The summed E-state index contributed by atoms with van der Waals surface area (Å²) in [6.45, 7) is 6.93. The lowest BCUT2D eigenvalue weighted by Gasteiger charge is -2.42. The normalized spacial score (nSPS) is 18.3. The lowest BCUT2D eigenvalue weighted by molar-refractivity contribution is -0.108. The number of carbonyl (C=O) groups excluding carboxylic acids is 2. The molecule has 2 heterocycles. The van der Waals surface area contributed by atoms with Crippen LogP contribution in [0.25, 0.3) is 0 Å². The minimum Gasteiger partial charge on any atom is -0.399 e. The van der Waals surface area contributed by atoms with Gasteiger partial charge in [0, 0.05) is 49.2 Å². The molecule has 2 aromatic rings. The van der Waals surface area contributed by atoms with Crippen LogP contribution in [-0.2, 0) is 9.59 Å². The van der Waals surface area contributed by atoms with Gasteiger partial charge in [-0.25, -0.2) is 0 Å². The average Bonchev–Trinajstić information content (AvgIpc) is 2.86. The topological polar surface area (TPSA) is 69.9 Å². The van der Waals surface area contributed by atoms with Crippen LogP contribution < -0.4 is 15.5 Å². The quantitative estimate of drug-likeness (QED) is 0.489. The van der Waals surface area contributed by atoms with Gasteiger partial charge >= 0.3 is 0 Å². The van der Waals surface area contributed by atoms with Crippen molar-refractivity contribution in [1.82, 2.24) is 4.90 Å². The van der Waals surface area contributed by atoms with E-state index < -0.39 is 0 Å². The Morgan fingerprint density at radius 2 is 1.67 bits per heavy atom. The molecule has 33 heavy (non-hydrogen) atoms. The van der Waals surface area contributed by atoms with Crippen LogP contribution in [-0.4, -0.2) is 56.4 Å². The highest BCUT2D eigenvalue weighted by Crippen LogP contribution is 2.32. The number of hydrogen-bond donors (Lipinski definition) is 1. The minimum absolute atomic E-state index is 0.352. The monoisotopic (exact) mass is 448 g/mol. The molecule has 0 bridgehead atoms.